The van der Waals surface area contributed by atoms with Crippen LogP contribution in [0.15, 0.2) is 6.33 Å². The highest BCUT2D eigenvalue weighted by atomic mass is 16.5. The molecule has 1 N–H and O–H groups in total. The lowest BCUT2D eigenvalue weighted by atomic mass is 10.3. The molecule has 1 fully saturated rings. The van der Waals surface area contributed by atoms with Crippen molar-refractivity contribution in [1.82, 2.24) is 15.0 Å². The molecule has 88 valence electrons. The second-order valence-electron chi connectivity index (χ2n) is 3.57. The summed E-state index contributed by atoms with van der Waals surface area (Å²) in [6.45, 7) is 5.13. The summed E-state index contributed by atoms with van der Waals surface area (Å²) in [5.74, 6) is 1.39. The standard InChI is InChI=1S/C10H16N4O2/c1-8-9(11-7-12-10(8)15-2)13-14-3-5-16-6-4-14/h7H,3-6H2,1-2H3,(H,11,12,13). The van der Waals surface area contributed by atoms with Crippen LogP contribution in [0.5, 0.6) is 5.88 Å². The molecular weight excluding hydrogens is 208 g/mol. The zero-order chi connectivity index (χ0) is 11.4. The molecule has 0 aromatic carbocycles. The van der Waals surface area contributed by atoms with E-state index in [1.807, 2.05) is 6.92 Å². The fourth-order valence-electron chi connectivity index (χ4n) is 1.58. The normalized spacial score (nSPS) is 17.1. The highest BCUT2D eigenvalue weighted by molar-refractivity contribution is 5.46. The largest absolute Gasteiger partial charge is 0.481 e. The van der Waals surface area contributed by atoms with Gasteiger partial charge in [-0.2, -0.15) is 0 Å². The fraction of sp³-hybridized carbons (Fsp3) is 0.600. The second kappa shape index (κ2) is 5.09. The Bertz CT molecular complexity index is 353. The van der Waals surface area contributed by atoms with E-state index >= 15 is 0 Å². The van der Waals surface area contributed by atoms with Crippen molar-refractivity contribution >= 4 is 5.82 Å². The first-order chi connectivity index (χ1) is 7.81. The van der Waals surface area contributed by atoms with Gasteiger partial charge in [-0.3, -0.25) is 0 Å². The Morgan fingerprint density at radius 2 is 2.12 bits per heavy atom. The van der Waals surface area contributed by atoms with E-state index in [0.717, 1.165) is 37.7 Å². The molecule has 6 heteroatoms. The van der Waals surface area contributed by atoms with Crippen molar-refractivity contribution in [2.75, 3.05) is 38.8 Å². The number of methoxy groups -OCH3 is 1. The first-order valence-corrected chi connectivity index (χ1v) is 5.26. The monoisotopic (exact) mass is 224 g/mol. The molecule has 1 aliphatic heterocycles. The molecule has 0 unspecified atom stereocenters. The summed E-state index contributed by atoms with van der Waals surface area (Å²) in [7, 11) is 1.61. The topological polar surface area (TPSA) is 59.5 Å². The molecule has 0 bridgehead atoms. The fourth-order valence-corrected chi connectivity index (χ4v) is 1.58. The lowest BCUT2D eigenvalue weighted by molar-refractivity contribution is 0.0494. The van der Waals surface area contributed by atoms with Gasteiger partial charge >= 0.3 is 0 Å². The van der Waals surface area contributed by atoms with Gasteiger partial charge in [0.2, 0.25) is 5.88 Å². The van der Waals surface area contributed by atoms with Gasteiger partial charge in [-0.1, -0.05) is 0 Å². The van der Waals surface area contributed by atoms with Gasteiger partial charge in [-0.05, 0) is 6.92 Å². The summed E-state index contributed by atoms with van der Waals surface area (Å²) in [6.07, 6.45) is 1.49. The van der Waals surface area contributed by atoms with Crippen LogP contribution in [0, 0.1) is 6.92 Å². The van der Waals surface area contributed by atoms with Crippen LogP contribution in [0.2, 0.25) is 0 Å². The quantitative estimate of drug-likeness (QED) is 0.804. The van der Waals surface area contributed by atoms with E-state index in [4.69, 9.17) is 9.47 Å². The number of rotatable bonds is 3. The second-order valence-corrected chi connectivity index (χ2v) is 3.57. The minimum atomic E-state index is 0.603. The summed E-state index contributed by atoms with van der Waals surface area (Å²) >= 11 is 0. The first kappa shape index (κ1) is 11.1. The van der Waals surface area contributed by atoms with E-state index in [-0.39, 0.29) is 0 Å². The number of nitrogens with one attached hydrogen (secondary N) is 1. The maximum absolute atomic E-state index is 5.27. The predicted octanol–water partition coefficient (Wildman–Crippen LogP) is 0.453. The lowest BCUT2D eigenvalue weighted by Crippen LogP contribution is -2.40. The van der Waals surface area contributed by atoms with Gasteiger partial charge in [0.25, 0.3) is 0 Å². The SMILES string of the molecule is COc1ncnc(NN2CCOCC2)c1C. The Hall–Kier alpha value is -1.40. The third kappa shape index (κ3) is 2.40. The molecule has 1 saturated heterocycles. The highest BCUT2D eigenvalue weighted by Gasteiger charge is 2.13. The summed E-state index contributed by atoms with van der Waals surface area (Å²) in [6, 6.07) is 0. The lowest BCUT2D eigenvalue weighted by Gasteiger charge is -2.28. The zero-order valence-corrected chi connectivity index (χ0v) is 9.56. The van der Waals surface area contributed by atoms with Crippen molar-refractivity contribution in [2.24, 2.45) is 0 Å². The van der Waals surface area contributed by atoms with Crippen molar-refractivity contribution in [3.05, 3.63) is 11.9 Å². The maximum atomic E-state index is 5.27. The molecule has 2 heterocycles. The van der Waals surface area contributed by atoms with E-state index in [1.165, 1.54) is 6.33 Å². The van der Waals surface area contributed by atoms with Crippen molar-refractivity contribution in [3.63, 3.8) is 0 Å². The number of hydrogen-bond donors (Lipinski definition) is 1. The van der Waals surface area contributed by atoms with E-state index in [9.17, 15) is 0 Å². The van der Waals surface area contributed by atoms with Gasteiger partial charge in [0.05, 0.1) is 25.9 Å². The summed E-state index contributed by atoms with van der Waals surface area (Å²) in [5, 5.41) is 2.08. The van der Waals surface area contributed by atoms with E-state index in [2.05, 4.69) is 20.4 Å². The Labute approximate surface area is 94.6 Å². The van der Waals surface area contributed by atoms with Gasteiger partial charge in [-0.25, -0.2) is 15.0 Å². The summed E-state index contributed by atoms with van der Waals surface area (Å²) in [5.41, 5.74) is 4.16. The van der Waals surface area contributed by atoms with Crippen LogP contribution < -0.4 is 10.2 Å². The number of ether oxygens (including phenoxy) is 2. The number of hydrogen-bond acceptors (Lipinski definition) is 6. The molecule has 6 nitrogen and oxygen atoms in total. The third-order valence-electron chi connectivity index (χ3n) is 2.51. The maximum Gasteiger partial charge on any atom is 0.221 e. The molecule has 0 aliphatic carbocycles. The number of anilines is 1. The average Bonchev–Trinajstić information content (AvgIpc) is 2.33. The van der Waals surface area contributed by atoms with Crippen molar-refractivity contribution in [1.29, 1.82) is 0 Å². The molecule has 0 atom stereocenters. The Morgan fingerprint density at radius 1 is 1.38 bits per heavy atom. The van der Waals surface area contributed by atoms with E-state index in [0.29, 0.717) is 5.88 Å². The minimum Gasteiger partial charge on any atom is -0.481 e. The molecule has 0 saturated carbocycles. The van der Waals surface area contributed by atoms with E-state index in [1.54, 1.807) is 7.11 Å². The van der Waals surface area contributed by atoms with Crippen molar-refractivity contribution < 1.29 is 9.47 Å². The van der Waals surface area contributed by atoms with Gasteiger partial charge in [0.15, 0.2) is 5.82 Å². The van der Waals surface area contributed by atoms with Crippen LogP contribution in [0.1, 0.15) is 5.56 Å². The van der Waals surface area contributed by atoms with Crippen LogP contribution >= 0.6 is 0 Å². The Balaban J connectivity index is 2.08. The van der Waals surface area contributed by atoms with Crippen LogP contribution in [0.3, 0.4) is 0 Å². The molecule has 1 aromatic rings. The Kier molecular flexibility index (Phi) is 3.53. The van der Waals surface area contributed by atoms with Gasteiger partial charge in [0, 0.05) is 13.1 Å². The van der Waals surface area contributed by atoms with E-state index < -0.39 is 0 Å². The first-order valence-electron chi connectivity index (χ1n) is 5.26. The molecule has 1 aliphatic rings. The number of morpholine rings is 1. The zero-order valence-electron chi connectivity index (χ0n) is 9.56. The Morgan fingerprint density at radius 3 is 2.81 bits per heavy atom. The molecule has 0 amide bonds. The van der Waals surface area contributed by atoms with Gasteiger partial charge in [-0.15, -0.1) is 0 Å². The number of hydrazine groups is 1. The van der Waals surface area contributed by atoms with Gasteiger partial charge < -0.3 is 14.9 Å². The van der Waals surface area contributed by atoms with Crippen LogP contribution in [0.25, 0.3) is 0 Å². The highest BCUT2D eigenvalue weighted by Crippen LogP contribution is 2.20. The van der Waals surface area contributed by atoms with Gasteiger partial charge in [0.1, 0.15) is 6.33 Å². The van der Waals surface area contributed by atoms with Crippen LogP contribution in [-0.4, -0.2) is 48.4 Å². The summed E-state index contributed by atoms with van der Waals surface area (Å²) in [4.78, 5) is 8.23. The molecule has 16 heavy (non-hydrogen) atoms. The number of nitrogens with zero attached hydrogens (tertiary/aromatic N) is 3. The number of aromatic nitrogens is 2. The van der Waals surface area contributed by atoms with Crippen molar-refractivity contribution in [3.8, 4) is 5.88 Å². The predicted molar refractivity (Wildman–Crippen MR) is 59.3 cm³/mol. The van der Waals surface area contributed by atoms with Crippen molar-refractivity contribution in [2.45, 2.75) is 6.92 Å². The average molecular weight is 224 g/mol. The van der Waals surface area contributed by atoms with Crippen LogP contribution in [-0.2, 0) is 4.74 Å². The molecule has 0 spiro atoms. The third-order valence-corrected chi connectivity index (χ3v) is 2.51. The molecule has 0 radical (unpaired) electrons. The minimum absolute atomic E-state index is 0.603. The molecular formula is C10H16N4O2. The van der Waals surface area contributed by atoms with Crippen LogP contribution in [0.4, 0.5) is 5.82 Å². The molecule has 1 aromatic heterocycles. The smallest absolute Gasteiger partial charge is 0.221 e. The summed E-state index contributed by atoms with van der Waals surface area (Å²) < 4.78 is 10.4. The molecule has 2 rings (SSSR count).